The van der Waals surface area contributed by atoms with Gasteiger partial charge in [0.25, 0.3) is 0 Å². The fourth-order valence-corrected chi connectivity index (χ4v) is 4.66. The fraction of sp³-hybridized carbons (Fsp3) is 0.370. The van der Waals surface area contributed by atoms with Crippen molar-refractivity contribution in [2.45, 2.75) is 58.2 Å². The lowest BCUT2D eigenvalue weighted by molar-refractivity contribution is 0.0489. The van der Waals surface area contributed by atoms with E-state index in [4.69, 9.17) is 4.74 Å². The molecule has 5 heterocycles. The van der Waals surface area contributed by atoms with E-state index >= 15 is 0 Å². The van der Waals surface area contributed by atoms with E-state index in [1.165, 1.54) is 12.3 Å². The van der Waals surface area contributed by atoms with Gasteiger partial charge in [0.1, 0.15) is 17.0 Å². The van der Waals surface area contributed by atoms with Gasteiger partial charge in [-0.3, -0.25) is 9.97 Å². The maximum absolute atomic E-state index is 14.3. The maximum atomic E-state index is 14.3. The van der Waals surface area contributed by atoms with Crippen LogP contribution in [0.15, 0.2) is 55.1 Å². The highest BCUT2D eigenvalue weighted by atomic mass is 19.1. The summed E-state index contributed by atoms with van der Waals surface area (Å²) in [5.41, 5.74) is 2.40. The summed E-state index contributed by atoms with van der Waals surface area (Å²) in [6.45, 7) is 8.45. The van der Waals surface area contributed by atoms with Crippen molar-refractivity contribution in [3.63, 3.8) is 0 Å². The second kappa shape index (κ2) is 10.2. The predicted octanol–water partition coefficient (Wildman–Crippen LogP) is 4.95. The number of imidazole rings is 1. The lowest BCUT2D eigenvalue weighted by atomic mass is 9.96. The van der Waals surface area contributed by atoms with E-state index in [0.717, 1.165) is 36.3 Å². The quantitative estimate of drug-likeness (QED) is 0.382. The third kappa shape index (κ3) is 5.36. The second-order valence-corrected chi connectivity index (χ2v) is 10.3. The Morgan fingerprint density at radius 2 is 1.97 bits per heavy atom. The van der Waals surface area contributed by atoms with Gasteiger partial charge in [-0.25, -0.2) is 14.2 Å². The average Bonchev–Trinajstić information content (AvgIpc) is 3.27. The van der Waals surface area contributed by atoms with E-state index in [9.17, 15) is 9.18 Å². The normalized spacial score (nSPS) is 17.9. The van der Waals surface area contributed by atoms with Crippen molar-refractivity contribution in [2.75, 3.05) is 16.8 Å². The Morgan fingerprint density at radius 3 is 2.76 bits per heavy atom. The van der Waals surface area contributed by atoms with Crippen LogP contribution in [-0.2, 0) is 4.74 Å². The molecule has 1 aliphatic heterocycles. The molecule has 1 saturated heterocycles. The van der Waals surface area contributed by atoms with Crippen molar-refractivity contribution in [2.24, 2.45) is 0 Å². The molecular formula is C27H31FN8O2. The molecule has 0 unspecified atom stereocenters. The highest BCUT2D eigenvalue weighted by Gasteiger charge is 2.32. The molecule has 1 aliphatic rings. The number of hydrogen-bond acceptors (Lipinski definition) is 8. The molecule has 4 aromatic rings. The maximum Gasteiger partial charge on any atom is 0.407 e. The number of ether oxygens (including phenoxy) is 1. The molecule has 1 fully saturated rings. The number of hydrogen-bond donors (Lipinski definition) is 2. The largest absolute Gasteiger partial charge is 0.444 e. The van der Waals surface area contributed by atoms with Crippen LogP contribution in [0.25, 0.3) is 16.9 Å². The summed E-state index contributed by atoms with van der Waals surface area (Å²) in [6, 6.07) is 8.30. The Bertz CT molecular complexity index is 1450. The van der Waals surface area contributed by atoms with Gasteiger partial charge in [-0.05, 0) is 70.9 Å². The van der Waals surface area contributed by atoms with E-state index < -0.39 is 17.5 Å². The van der Waals surface area contributed by atoms with E-state index in [2.05, 4.69) is 42.5 Å². The van der Waals surface area contributed by atoms with Crippen molar-refractivity contribution in [3.05, 3.63) is 60.9 Å². The summed E-state index contributed by atoms with van der Waals surface area (Å²) >= 11 is 0. The molecule has 0 aromatic carbocycles. The molecule has 4 aromatic heterocycles. The zero-order valence-corrected chi connectivity index (χ0v) is 21.8. The smallest absolute Gasteiger partial charge is 0.407 e. The summed E-state index contributed by atoms with van der Waals surface area (Å²) in [5.74, 6) is 0.0117. The van der Waals surface area contributed by atoms with Crippen LogP contribution in [0.2, 0.25) is 0 Å². The third-order valence-electron chi connectivity index (χ3n) is 6.43. The third-order valence-corrected chi connectivity index (χ3v) is 6.43. The molecule has 1 amide bonds. The van der Waals surface area contributed by atoms with Crippen LogP contribution < -0.4 is 15.5 Å². The molecule has 2 atom stereocenters. The number of fused-ring (bicyclic) bond motifs is 1. The van der Waals surface area contributed by atoms with Crippen molar-refractivity contribution in [1.82, 2.24) is 29.9 Å². The van der Waals surface area contributed by atoms with E-state index in [-0.39, 0.29) is 17.8 Å². The molecule has 0 radical (unpaired) electrons. The number of rotatable bonds is 5. The highest BCUT2D eigenvalue weighted by molar-refractivity contribution is 5.74. The summed E-state index contributed by atoms with van der Waals surface area (Å²) < 4.78 is 21.4. The van der Waals surface area contributed by atoms with Crippen LogP contribution in [0.3, 0.4) is 0 Å². The molecule has 11 heteroatoms. The van der Waals surface area contributed by atoms with Gasteiger partial charge in [-0.1, -0.05) is 0 Å². The van der Waals surface area contributed by atoms with Gasteiger partial charge >= 0.3 is 6.09 Å². The summed E-state index contributed by atoms with van der Waals surface area (Å²) in [4.78, 5) is 27.6. The van der Waals surface area contributed by atoms with E-state index in [1.54, 1.807) is 35.2 Å². The highest BCUT2D eigenvalue weighted by Crippen LogP contribution is 2.33. The van der Waals surface area contributed by atoms with E-state index in [1.807, 2.05) is 32.9 Å². The number of carbonyl (C=O) groups is 1. The summed E-state index contributed by atoms with van der Waals surface area (Å²) in [7, 11) is 0. The van der Waals surface area contributed by atoms with Crippen LogP contribution in [0, 0.1) is 5.82 Å². The minimum absolute atomic E-state index is 0.00750. The molecule has 0 aliphatic carbocycles. The SMILES string of the molecule is C[C@@H]1[C@@H](NC(=O)OC(C)(C)C)CCCN1c1ccncc1Nc1ncc2ccc(-c3ncccc3F)nn12. The van der Waals surface area contributed by atoms with Gasteiger partial charge in [0.05, 0.1) is 35.3 Å². The second-order valence-electron chi connectivity index (χ2n) is 10.3. The number of piperidine rings is 1. The monoisotopic (exact) mass is 518 g/mol. The van der Waals surface area contributed by atoms with Crippen molar-refractivity contribution >= 4 is 28.9 Å². The van der Waals surface area contributed by atoms with E-state index in [0.29, 0.717) is 11.6 Å². The predicted molar refractivity (Wildman–Crippen MR) is 143 cm³/mol. The lowest BCUT2D eigenvalue weighted by Crippen LogP contribution is -2.55. The first-order valence-corrected chi connectivity index (χ1v) is 12.6. The zero-order chi connectivity index (χ0) is 26.9. The van der Waals surface area contributed by atoms with Crippen molar-refractivity contribution < 1.29 is 13.9 Å². The molecule has 198 valence electrons. The summed E-state index contributed by atoms with van der Waals surface area (Å²) in [6.07, 6.45) is 8.03. The van der Waals surface area contributed by atoms with Gasteiger partial charge in [0.2, 0.25) is 5.95 Å². The first-order valence-electron chi connectivity index (χ1n) is 12.6. The molecule has 38 heavy (non-hydrogen) atoms. The number of carbonyl (C=O) groups excluding carboxylic acids is 1. The first kappa shape index (κ1) is 25.4. The Morgan fingerprint density at radius 1 is 1.13 bits per heavy atom. The number of aromatic nitrogens is 5. The number of alkyl carbamates (subject to hydrolysis) is 1. The first-order chi connectivity index (χ1) is 18.2. The number of anilines is 3. The molecule has 0 saturated carbocycles. The minimum Gasteiger partial charge on any atom is -0.444 e. The van der Waals surface area contributed by atoms with Gasteiger partial charge in [-0.15, -0.1) is 0 Å². The Labute approximate surface area is 220 Å². The summed E-state index contributed by atoms with van der Waals surface area (Å²) in [5, 5.41) is 11.0. The van der Waals surface area contributed by atoms with Crippen LogP contribution >= 0.6 is 0 Å². The molecule has 2 N–H and O–H groups in total. The van der Waals surface area contributed by atoms with Crippen LogP contribution in [0.1, 0.15) is 40.5 Å². The fourth-order valence-electron chi connectivity index (χ4n) is 4.66. The molecule has 5 rings (SSSR count). The van der Waals surface area contributed by atoms with Crippen LogP contribution in [0.4, 0.5) is 26.5 Å². The Balaban J connectivity index is 1.41. The Kier molecular flexibility index (Phi) is 6.83. The van der Waals surface area contributed by atoms with Crippen molar-refractivity contribution in [1.29, 1.82) is 0 Å². The number of amides is 1. The van der Waals surface area contributed by atoms with Gasteiger partial charge in [0.15, 0.2) is 5.82 Å². The van der Waals surface area contributed by atoms with Gasteiger partial charge in [-0.2, -0.15) is 9.61 Å². The standard InChI is InChI=1S/C27H31FN8O2/c1-17-20(33-26(37)38-27(2,3)4)8-6-14-35(17)23-11-13-29-16-22(23)32-25-31-15-18-9-10-21(34-36(18)25)24-19(28)7-5-12-30-24/h5,7,9-13,15-17,20H,6,8,14H2,1-4H3,(H,31,32)(H,33,37)/t17-,20+/m1/s1. The Hall–Kier alpha value is -4.28. The number of halogens is 1. The van der Waals surface area contributed by atoms with Gasteiger partial charge < -0.3 is 20.3 Å². The topological polar surface area (TPSA) is 110 Å². The van der Waals surface area contributed by atoms with Gasteiger partial charge in [0, 0.05) is 25.0 Å². The van der Waals surface area contributed by atoms with Crippen LogP contribution in [0.5, 0.6) is 0 Å². The lowest BCUT2D eigenvalue weighted by Gasteiger charge is -2.41. The molecule has 0 spiro atoms. The number of nitrogens with zero attached hydrogens (tertiary/aromatic N) is 6. The average molecular weight is 519 g/mol. The molecule has 0 bridgehead atoms. The number of pyridine rings is 2. The molecular weight excluding hydrogens is 487 g/mol. The zero-order valence-electron chi connectivity index (χ0n) is 21.8. The van der Waals surface area contributed by atoms with Crippen LogP contribution in [-0.4, -0.2) is 54.9 Å². The number of nitrogens with one attached hydrogen (secondary N) is 2. The van der Waals surface area contributed by atoms with Crippen molar-refractivity contribution in [3.8, 4) is 11.4 Å². The minimum atomic E-state index is -0.562. The molecule has 10 nitrogen and oxygen atoms in total.